The molecule has 0 aromatic heterocycles. The SMILES string of the molecule is CCOC(=O)C[C@H](O)CCNC(=O)C(=O)OCc1ccccc1. The van der Waals surface area contributed by atoms with Gasteiger partial charge in [0.1, 0.15) is 6.61 Å². The van der Waals surface area contributed by atoms with Gasteiger partial charge in [-0.15, -0.1) is 0 Å². The van der Waals surface area contributed by atoms with Crippen molar-refractivity contribution >= 4 is 17.8 Å². The average molecular weight is 323 g/mol. The number of hydrogen-bond donors (Lipinski definition) is 2. The predicted octanol–water partition coefficient (Wildman–Crippen LogP) is 0.550. The Morgan fingerprint density at radius 1 is 1.17 bits per heavy atom. The fourth-order valence-corrected chi connectivity index (χ4v) is 1.73. The Balaban J connectivity index is 2.20. The lowest BCUT2D eigenvalue weighted by Gasteiger charge is -2.10. The van der Waals surface area contributed by atoms with E-state index in [9.17, 15) is 19.5 Å². The third-order valence-electron chi connectivity index (χ3n) is 2.87. The van der Waals surface area contributed by atoms with E-state index in [1.165, 1.54) is 0 Å². The molecule has 0 heterocycles. The van der Waals surface area contributed by atoms with Gasteiger partial charge in [0, 0.05) is 6.54 Å². The highest BCUT2D eigenvalue weighted by atomic mass is 16.5. The second-order valence-corrected chi connectivity index (χ2v) is 4.77. The Morgan fingerprint density at radius 3 is 2.52 bits per heavy atom. The third kappa shape index (κ3) is 7.96. The second-order valence-electron chi connectivity index (χ2n) is 4.77. The summed E-state index contributed by atoms with van der Waals surface area (Å²) >= 11 is 0. The van der Waals surface area contributed by atoms with Crippen molar-refractivity contribution in [2.45, 2.75) is 32.5 Å². The second kappa shape index (κ2) is 10.3. The van der Waals surface area contributed by atoms with E-state index in [0.29, 0.717) is 0 Å². The van der Waals surface area contributed by atoms with Gasteiger partial charge in [-0.1, -0.05) is 30.3 Å². The van der Waals surface area contributed by atoms with Gasteiger partial charge in [0.15, 0.2) is 0 Å². The summed E-state index contributed by atoms with van der Waals surface area (Å²) in [6, 6.07) is 8.98. The van der Waals surface area contributed by atoms with Crippen LogP contribution < -0.4 is 5.32 Å². The molecule has 0 aliphatic rings. The first-order valence-electron chi connectivity index (χ1n) is 7.35. The summed E-state index contributed by atoms with van der Waals surface area (Å²) < 4.78 is 9.55. The van der Waals surface area contributed by atoms with Gasteiger partial charge in [0.2, 0.25) is 0 Å². The molecule has 0 bridgehead atoms. The van der Waals surface area contributed by atoms with Crippen LogP contribution in [0.25, 0.3) is 0 Å². The summed E-state index contributed by atoms with van der Waals surface area (Å²) in [6.45, 7) is 1.99. The molecule has 0 aliphatic heterocycles. The van der Waals surface area contributed by atoms with Crippen molar-refractivity contribution < 1.29 is 29.0 Å². The molecule has 7 heteroatoms. The highest BCUT2D eigenvalue weighted by molar-refractivity contribution is 6.32. The highest BCUT2D eigenvalue weighted by Crippen LogP contribution is 2.01. The Morgan fingerprint density at radius 2 is 1.87 bits per heavy atom. The van der Waals surface area contributed by atoms with Crippen LogP contribution in [0, 0.1) is 0 Å². The Kier molecular flexibility index (Phi) is 8.38. The first-order chi connectivity index (χ1) is 11.0. The number of nitrogens with one attached hydrogen (secondary N) is 1. The van der Waals surface area contributed by atoms with Crippen LogP contribution in [-0.4, -0.2) is 42.2 Å². The average Bonchev–Trinajstić information content (AvgIpc) is 2.53. The Bertz CT molecular complexity index is 517. The third-order valence-corrected chi connectivity index (χ3v) is 2.87. The maximum atomic E-state index is 11.5. The van der Waals surface area contributed by atoms with Crippen LogP contribution in [0.15, 0.2) is 30.3 Å². The first-order valence-corrected chi connectivity index (χ1v) is 7.35. The Hall–Kier alpha value is -2.41. The van der Waals surface area contributed by atoms with Gasteiger partial charge in [-0.3, -0.25) is 9.59 Å². The van der Waals surface area contributed by atoms with Crippen LogP contribution in [0.4, 0.5) is 0 Å². The number of carbonyl (C=O) groups is 3. The molecule has 0 unspecified atom stereocenters. The zero-order chi connectivity index (χ0) is 17.1. The maximum absolute atomic E-state index is 11.5. The fourth-order valence-electron chi connectivity index (χ4n) is 1.73. The predicted molar refractivity (Wildman–Crippen MR) is 81.1 cm³/mol. The van der Waals surface area contributed by atoms with Gasteiger partial charge in [0.05, 0.1) is 19.1 Å². The summed E-state index contributed by atoms with van der Waals surface area (Å²) in [5.41, 5.74) is 0.776. The van der Waals surface area contributed by atoms with Gasteiger partial charge < -0.3 is 19.9 Å². The number of aliphatic hydroxyl groups is 1. The Labute approximate surface area is 134 Å². The van der Waals surface area contributed by atoms with E-state index in [0.717, 1.165) is 5.56 Å². The van der Waals surface area contributed by atoms with E-state index in [-0.39, 0.29) is 32.6 Å². The summed E-state index contributed by atoms with van der Waals surface area (Å²) in [5.74, 6) is -2.38. The van der Waals surface area contributed by atoms with Crippen molar-refractivity contribution in [2.75, 3.05) is 13.2 Å². The number of esters is 2. The lowest BCUT2D eigenvalue weighted by Crippen LogP contribution is -2.34. The molecule has 1 aromatic carbocycles. The molecule has 1 aromatic rings. The van der Waals surface area contributed by atoms with E-state index < -0.39 is 23.9 Å². The van der Waals surface area contributed by atoms with Crippen molar-refractivity contribution in [1.29, 1.82) is 0 Å². The van der Waals surface area contributed by atoms with Gasteiger partial charge in [-0.2, -0.15) is 0 Å². The normalized spacial score (nSPS) is 11.4. The minimum Gasteiger partial charge on any atom is -0.466 e. The molecule has 126 valence electrons. The van der Waals surface area contributed by atoms with E-state index in [1.54, 1.807) is 31.2 Å². The van der Waals surface area contributed by atoms with Crippen LogP contribution in [0.1, 0.15) is 25.3 Å². The molecule has 0 aliphatic carbocycles. The van der Waals surface area contributed by atoms with Crippen LogP contribution in [0.5, 0.6) is 0 Å². The molecule has 1 rings (SSSR count). The zero-order valence-electron chi connectivity index (χ0n) is 13.0. The molecule has 0 saturated heterocycles. The van der Waals surface area contributed by atoms with Crippen LogP contribution >= 0.6 is 0 Å². The molecule has 0 saturated carbocycles. The van der Waals surface area contributed by atoms with Crippen LogP contribution in [-0.2, 0) is 30.5 Å². The highest BCUT2D eigenvalue weighted by Gasteiger charge is 2.16. The molecular weight excluding hydrogens is 302 g/mol. The largest absolute Gasteiger partial charge is 0.466 e. The quantitative estimate of drug-likeness (QED) is 0.535. The van der Waals surface area contributed by atoms with Crippen molar-refractivity contribution in [1.82, 2.24) is 5.32 Å². The molecule has 0 spiro atoms. The summed E-state index contributed by atoms with van der Waals surface area (Å²) in [4.78, 5) is 34.1. The molecule has 23 heavy (non-hydrogen) atoms. The first kappa shape index (κ1) is 18.6. The molecule has 7 nitrogen and oxygen atoms in total. The van der Waals surface area contributed by atoms with E-state index in [4.69, 9.17) is 9.47 Å². The van der Waals surface area contributed by atoms with E-state index in [2.05, 4.69) is 5.32 Å². The zero-order valence-corrected chi connectivity index (χ0v) is 13.0. The molecule has 0 radical (unpaired) electrons. The van der Waals surface area contributed by atoms with Crippen LogP contribution in [0.2, 0.25) is 0 Å². The minimum absolute atomic E-state index is 0.0125. The number of rotatable bonds is 8. The number of amides is 1. The molecular formula is C16H21NO6. The topological polar surface area (TPSA) is 102 Å². The lowest BCUT2D eigenvalue weighted by atomic mass is 10.2. The minimum atomic E-state index is -0.992. The molecule has 2 N–H and O–H groups in total. The van der Waals surface area contributed by atoms with Crippen molar-refractivity contribution in [3.8, 4) is 0 Å². The standard InChI is InChI=1S/C16H21NO6/c1-2-22-14(19)10-13(18)8-9-17-15(20)16(21)23-11-12-6-4-3-5-7-12/h3-7,13,18H,2,8-11H2,1H3,(H,17,20)/t13-/m1/s1. The fraction of sp³-hybridized carbons (Fsp3) is 0.438. The summed E-state index contributed by atoms with van der Waals surface area (Å²) in [7, 11) is 0. The van der Waals surface area contributed by atoms with Gasteiger partial charge >= 0.3 is 17.8 Å². The van der Waals surface area contributed by atoms with Crippen molar-refractivity contribution in [3.63, 3.8) is 0 Å². The summed E-state index contributed by atoms with van der Waals surface area (Å²) in [6.07, 6.45) is -0.951. The number of carbonyl (C=O) groups excluding carboxylic acids is 3. The van der Waals surface area contributed by atoms with Gasteiger partial charge in [0.25, 0.3) is 0 Å². The van der Waals surface area contributed by atoms with Crippen LogP contribution in [0.3, 0.4) is 0 Å². The number of ether oxygens (including phenoxy) is 2. The number of aliphatic hydroxyl groups excluding tert-OH is 1. The van der Waals surface area contributed by atoms with E-state index in [1.807, 2.05) is 6.07 Å². The number of hydrogen-bond acceptors (Lipinski definition) is 6. The van der Waals surface area contributed by atoms with Gasteiger partial charge in [-0.05, 0) is 18.9 Å². The number of benzene rings is 1. The maximum Gasteiger partial charge on any atom is 0.397 e. The lowest BCUT2D eigenvalue weighted by molar-refractivity contribution is -0.156. The molecule has 1 amide bonds. The molecule has 1 atom stereocenters. The summed E-state index contributed by atoms with van der Waals surface area (Å²) in [5, 5.41) is 11.9. The van der Waals surface area contributed by atoms with E-state index >= 15 is 0 Å². The molecule has 0 fully saturated rings. The van der Waals surface area contributed by atoms with Crippen molar-refractivity contribution in [2.24, 2.45) is 0 Å². The monoisotopic (exact) mass is 323 g/mol. The smallest absolute Gasteiger partial charge is 0.397 e. The van der Waals surface area contributed by atoms with Gasteiger partial charge in [-0.25, -0.2) is 4.79 Å². The van der Waals surface area contributed by atoms with Crippen molar-refractivity contribution in [3.05, 3.63) is 35.9 Å².